The highest BCUT2D eigenvalue weighted by Gasteiger charge is 2.35. The van der Waals surface area contributed by atoms with E-state index in [0.29, 0.717) is 12.8 Å². The Bertz CT molecular complexity index is 705. The van der Waals surface area contributed by atoms with Crippen LogP contribution < -0.4 is 4.90 Å². The molecule has 25 heavy (non-hydrogen) atoms. The molecule has 0 amide bonds. The lowest BCUT2D eigenvalue weighted by Gasteiger charge is -2.31. The number of aromatic carboxylic acids is 1. The Morgan fingerprint density at radius 1 is 1.16 bits per heavy atom. The summed E-state index contributed by atoms with van der Waals surface area (Å²) in [7, 11) is 1.26. The number of nitro benzene ring substituents is 2. The van der Waals surface area contributed by atoms with Gasteiger partial charge in [-0.05, 0) is 12.8 Å². The van der Waals surface area contributed by atoms with E-state index in [1.54, 1.807) is 0 Å². The van der Waals surface area contributed by atoms with Crippen LogP contribution in [-0.4, -0.2) is 47.1 Å². The van der Waals surface area contributed by atoms with Gasteiger partial charge in [-0.2, -0.15) is 0 Å². The van der Waals surface area contributed by atoms with Crippen LogP contribution >= 0.6 is 0 Å². The Morgan fingerprint density at radius 3 is 2.00 bits per heavy atom. The lowest BCUT2D eigenvalue weighted by atomic mass is 9.96. The molecule has 1 aliphatic rings. The largest absolute Gasteiger partial charge is 0.478 e. The summed E-state index contributed by atoms with van der Waals surface area (Å²) in [4.78, 5) is 45.0. The lowest BCUT2D eigenvalue weighted by molar-refractivity contribution is -0.392. The fourth-order valence-electron chi connectivity index (χ4n) is 2.84. The molecule has 11 nitrogen and oxygen atoms in total. The number of hydrogen-bond donors (Lipinski definition) is 1. The predicted octanol–water partition coefficient (Wildman–Crippen LogP) is 1.59. The summed E-state index contributed by atoms with van der Waals surface area (Å²) < 4.78 is 4.66. The Morgan fingerprint density at radius 2 is 1.64 bits per heavy atom. The monoisotopic (exact) mass is 353 g/mol. The Kier molecular flexibility index (Phi) is 5.15. The zero-order valence-electron chi connectivity index (χ0n) is 13.2. The van der Waals surface area contributed by atoms with Gasteiger partial charge in [-0.3, -0.25) is 25.0 Å². The number of benzene rings is 1. The van der Waals surface area contributed by atoms with Crippen molar-refractivity contribution in [2.24, 2.45) is 5.92 Å². The second kappa shape index (κ2) is 7.11. The van der Waals surface area contributed by atoms with Crippen molar-refractivity contribution in [1.82, 2.24) is 0 Å². The molecule has 0 aliphatic carbocycles. The highest BCUT2D eigenvalue weighted by molar-refractivity contribution is 5.92. The number of nitro groups is 2. The van der Waals surface area contributed by atoms with Crippen LogP contribution in [-0.2, 0) is 9.53 Å². The van der Waals surface area contributed by atoms with Crippen LogP contribution in [0.1, 0.15) is 23.2 Å². The summed E-state index contributed by atoms with van der Waals surface area (Å²) >= 11 is 0. The van der Waals surface area contributed by atoms with E-state index in [4.69, 9.17) is 5.11 Å². The van der Waals surface area contributed by atoms with Crippen molar-refractivity contribution in [3.8, 4) is 0 Å². The van der Waals surface area contributed by atoms with Crippen molar-refractivity contribution in [2.75, 3.05) is 25.1 Å². The minimum absolute atomic E-state index is 0.174. The molecule has 2 rings (SSSR count). The van der Waals surface area contributed by atoms with Gasteiger partial charge >= 0.3 is 23.3 Å². The van der Waals surface area contributed by atoms with Gasteiger partial charge in [-0.1, -0.05) is 0 Å². The number of carboxylic acid groups (broad SMARTS) is 1. The molecule has 0 aromatic heterocycles. The fourth-order valence-corrected chi connectivity index (χ4v) is 2.84. The molecule has 0 saturated carbocycles. The van der Waals surface area contributed by atoms with Crippen molar-refractivity contribution in [3.05, 3.63) is 37.9 Å². The number of nitrogens with zero attached hydrogens (tertiary/aromatic N) is 3. The zero-order chi connectivity index (χ0) is 18.7. The van der Waals surface area contributed by atoms with Crippen molar-refractivity contribution < 1.29 is 29.3 Å². The number of carboxylic acids is 1. The summed E-state index contributed by atoms with van der Waals surface area (Å²) in [6.07, 6.45) is 0.642. The van der Waals surface area contributed by atoms with Gasteiger partial charge in [0.1, 0.15) is 0 Å². The highest BCUT2D eigenvalue weighted by Crippen LogP contribution is 2.40. The van der Waals surface area contributed by atoms with Crippen molar-refractivity contribution in [3.63, 3.8) is 0 Å². The third-order valence-corrected chi connectivity index (χ3v) is 4.06. The summed E-state index contributed by atoms with van der Waals surface area (Å²) in [5.41, 5.74) is -2.08. The summed E-state index contributed by atoms with van der Waals surface area (Å²) in [5.74, 6) is -2.27. The summed E-state index contributed by atoms with van der Waals surface area (Å²) in [6.45, 7) is 0.349. The van der Waals surface area contributed by atoms with Crippen LogP contribution in [0.15, 0.2) is 12.1 Å². The van der Waals surface area contributed by atoms with E-state index in [-0.39, 0.29) is 24.7 Å². The molecule has 1 N–H and O–H groups in total. The molecule has 0 radical (unpaired) electrons. The molecule has 1 aliphatic heterocycles. The second-order valence-electron chi connectivity index (χ2n) is 5.47. The molecule has 0 unspecified atom stereocenters. The van der Waals surface area contributed by atoms with Gasteiger partial charge in [0.15, 0.2) is 5.69 Å². The van der Waals surface area contributed by atoms with Crippen molar-refractivity contribution >= 4 is 29.0 Å². The van der Waals surface area contributed by atoms with Gasteiger partial charge in [-0.25, -0.2) is 4.79 Å². The molecular formula is C14H15N3O8. The van der Waals surface area contributed by atoms with Crippen LogP contribution in [0.4, 0.5) is 17.1 Å². The molecule has 1 fully saturated rings. The van der Waals surface area contributed by atoms with Crippen LogP contribution in [0.2, 0.25) is 0 Å². The fraction of sp³-hybridized carbons (Fsp3) is 0.429. The van der Waals surface area contributed by atoms with Gasteiger partial charge in [0, 0.05) is 25.2 Å². The maximum atomic E-state index is 11.6. The molecule has 0 spiro atoms. The maximum Gasteiger partial charge on any atom is 0.336 e. The van der Waals surface area contributed by atoms with Crippen LogP contribution in [0.5, 0.6) is 0 Å². The second-order valence-corrected chi connectivity index (χ2v) is 5.47. The van der Waals surface area contributed by atoms with E-state index in [9.17, 15) is 29.8 Å². The van der Waals surface area contributed by atoms with E-state index < -0.39 is 38.7 Å². The average molecular weight is 353 g/mol. The topological polar surface area (TPSA) is 153 Å². The van der Waals surface area contributed by atoms with Crippen molar-refractivity contribution in [1.29, 1.82) is 0 Å². The number of methoxy groups -OCH3 is 1. The molecule has 1 aromatic carbocycles. The minimum atomic E-state index is -1.50. The first kappa shape index (κ1) is 18.1. The van der Waals surface area contributed by atoms with Crippen LogP contribution in [0.25, 0.3) is 0 Å². The van der Waals surface area contributed by atoms with Crippen LogP contribution in [0.3, 0.4) is 0 Å². The molecular weight excluding hydrogens is 338 g/mol. The molecule has 1 aromatic rings. The number of carbonyl (C=O) groups is 2. The standard InChI is InChI=1S/C14H15N3O8/c1-25-14(20)8-2-4-15(5-3-8)12-10(16(21)22)6-9(13(18)19)7-11(12)17(23)24/h6-8H,2-5H2,1H3,(H,18,19). The average Bonchev–Trinajstić information content (AvgIpc) is 2.59. The molecule has 1 heterocycles. The smallest absolute Gasteiger partial charge is 0.336 e. The van der Waals surface area contributed by atoms with E-state index >= 15 is 0 Å². The first-order valence-electron chi connectivity index (χ1n) is 7.29. The highest BCUT2D eigenvalue weighted by atomic mass is 16.6. The Balaban J connectivity index is 2.46. The first-order valence-corrected chi connectivity index (χ1v) is 7.29. The number of rotatable bonds is 5. The minimum Gasteiger partial charge on any atom is -0.478 e. The first-order chi connectivity index (χ1) is 11.8. The van der Waals surface area contributed by atoms with Gasteiger partial charge in [0.05, 0.1) is 28.4 Å². The SMILES string of the molecule is COC(=O)C1CCN(c2c([N+](=O)[O-])cc(C(=O)O)cc2[N+](=O)[O-])CC1. The number of carbonyl (C=O) groups excluding carboxylic acids is 1. The lowest BCUT2D eigenvalue weighted by Crippen LogP contribution is -2.37. The van der Waals surface area contributed by atoms with Crippen LogP contribution in [0, 0.1) is 26.1 Å². The zero-order valence-corrected chi connectivity index (χ0v) is 13.2. The Labute approximate surface area is 141 Å². The molecule has 134 valence electrons. The van der Waals surface area contributed by atoms with E-state index in [1.807, 2.05) is 0 Å². The molecule has 0 atom stereocenters. The van der Waals surface area contributed by atoms with Gasteiger partial charge < -0.3 is 14.7 Å². The van der Waals surface area contributed by atoms with Crippen molar-refractivity contribution in [2.45, 2.75) is 12.8 Å². The van der Waals surface area contributed by atoms with E-state index in [0.717, 1.165) is 12.1 Å². The summed E-state index contributed by atoms with van der Waals surface area (Å²) in [6, 6.07) is 1.61. The quantitative estimate of drug-likeness (QED) is 0.472. The number of anilines is 1. The number of ether oxygens (including phenoxy) is 1. The van der Waals surface area contributed by atoms with E-state index in [2.05, 4.69) is 4.74 Å². The van der Waals surface area contributed by atoms with Gasteiger partial charge in [-0.15, -0.1) is 0 Å². The normalized spacial score (nSPS) is 14.8. The van der Waals surface area contributed by atoms with E-state index in [1.165, 1.54) is 12.0 Å². The van der Waals surface area contributed by atoms with Gasteiger partial charge in [0.2, 0.25) is 0 Å². The number of hydrogen-bond acceptors (Lipinski definition) is 8. The number of piperidine rings is 1. The number of esters is 1. The third-order valence-electron chi connectivity index (χ3n) is 4.06. The summed E-state index contributed by atoms with van der Waals surface area (Å²) in [5, 5.41) is 31.7. The maximum absolute atomic E-state index is 11.6. The Hall–Kier alpha value is -3.24. The molecule has 0 bridgehead atoms. The predicted molar refractivity (Wildman–Crippen MR) is 83.7 cm³/mol. The third kappa shape index (κ3) is 3.65. The molecule has 11 heteroatoms. The molecule has 1 saturated heterocycles. The van der Waals surface area contributed by atoms with Gasteiger partial charge in [0.25, 0.3) is 0 Å².